The van der Waals surface area contributed by atoms with E-state index in [1.807, 2.05) is 0 Å². The summed E-state index contributed by atoms with van der Waals surface area (Å²) in [5.41, 5.74) is 0.295. The van der Waals surface area contributed by atoms with Crippen LogP contribution in [0, 0.1) is 0 Å². The minimum Gasteiger partial charge on any atom is -0.459 e. The van der Waals surface area contributed by atoms with Crippen molar-refractivity contribution in [3.05, 3.63) is 251 Å². The Morgan fingerprint density at radius 1 is 0.304 bits per heavy atom. The second kappa shape index (κ2) is 26.1. The van der Waals surface area contributed by atoms with Crippen molar-refractivity contribution in [1.29, 1.82) is 0 Å². The number of hydrogen-bond acceptors (Lipinski definition) is 18. The molecule has 0 aliphatic carbocycles. The van der Waals surface area contributed by atoms with Gasteiger partial charge >= 0.3 is 41.8 Å². The molecule has 10 unspecified atom stereocenters. The number of aliphatic hydroxyl groups excluding tert-OH is 1. The van der Waals surface area contributed by atoms with Crippen molar-refractivity contribution in [3.63, 3.8) is 0 Å². The normalized spacial score (nSPS) is 22.4. The number of esters is 7. The topological polar surface area (TPSA) is 232 Å². The molecule has 18 heteroatoms. The fraction of sp³-hybridized carbons (Fsp3) is 0.197. The first-order chi connectivity index (χ1) is 38.5. The molecule has 7 aromatic carbocycles. The Bertz CT molecular complexity index is 3170. The van der Waals surface area contributed by atoms with Crippen LogP contribution in [-0.4, -0.2) is 122 Å². The second-order valence-corrected chi connectivity index (χ2v) is 17.8. The summed E-state index contributed by atoms with van der Waals surface area (Å²) >= 11 is 0. The molecule has 0 amide bonds. The molecule has 18 nitrogen and oxygen atoms in total. The molecule has 2 aliphatic rings. The first-order valence-corrected chi connectivity index (χ1v) is 24.9. The molecular weight excluding hydrogens is 1020 g/mol. The lowest BCUT2D eigenvalue weighted by Crippen LogP contribution is -2.67. The molecule has 10 atom stereocenters. The molecule has 7 aromatic rings. The summed E-state index contributed by atoms with van der Waals surface area (Å²) in [6.45, 7) is -1.48. The summed E-state index contributed by atoms with van der Waals surface area (Å²) in [5, 5.41) is 12.0. The summed E-state index contributed by atoms with van der Waals surface area (Å²) in [6.07, 6.45) is -19.1. The van der Waals surface area contributed by atoms with Gasteiger partial charge in [-0.15, -0.1) is 0 Å². The smallest absolute Gasteiger partial charge is 0.338 e. The molecule has 2 fully saturated rings. The van der Waals surface area contributed by atoms with Gasteiger partial charge in [-0.2, -0.15) is 0 Å². The van der Waals surface area contributed by atoms with Gasteiger partial charge in [0, 0.05) is 0 Å². The Hall–Kier alpha value is -9.33. The molecule has 0 saturated carbocycles. The molecule has 402 valence electrons. The summed E-state index contributed by atoms with van der Waals surface area (Å²) in [7, 11) is 0. The van der Waals surface area contributed by atoms with Crippen molar-refractivity contribution in [2.45, 2.75) is 61.4 Å². The predicted molar refractivity (Wildman–Crippen MR) is 276 cm³/mol. The van der Waals surface area contributed by atoms with Crippen LogP contribution >= 0.6 is 0 Å². The lowest BCUT2D eigenvalue weighted by Gasteiger charge is -2.48. The SMILES string of the molecule is O=C(OCC1OC(O)C(OC(=O)c2ccccc2)C(OC2OC(COC(=O)c3ccccc3)C(OC(=O)c3ccccc3)C(OC(=O)c3ccccc3)C2OC(=O)c2ccccc2)C1OC(=O)c1ccccc1)c1ccccc1. The standard InChI is InChI=1S/C61H50O18/c62-53(38-22-8-1-9-23-38)70-36-45-47(74-55(64)40-26-12-3-13-27-40)49(51(60(69)72-45)77-58(67)43-32-18-6-19-33-43)79-61-52(78-59(68)44-34-20-7-21-35-44)50(76-57(66)42-30-16-5-17-31-42)48(75-56(65)41-28-14-4-15-29-41)46(73-61)37-71-54(63)39-24-10-2-11-25-39/h1-35,45-52,60-61,69H,36-37H2. The minimum absolute atomic E-state index is 0.000933. The number of hydrogen-bond donors (Lipinski definition) is 1. The van der Waals surface area contributed by atoms with Crippen LogP contribution in [0.3, 0.4) is 0 Å². The maximum absolute atomic E-state index is 14.5. The molecule has 79 heavy (non-hydrogen) atoms. The lowest BCUT2D eigenvalue weighted by molar-refractivity contribution is -0.352. The van der Waals surface area contributed by atoms with E-state index in [2.05, 4.69) is 0 Å². The number of aliphatic hydroxyl groups is 1. The van der Waals surface area contributed by atoms with Crippen molar-refractivity contribution in [3.8, 4) is 0 Å². The Kier molecular flexibility index (Phi) is 18.0. The van der Waals surface area contributed by atoms with E-state index >= 15 is 0 Å². The fourth-order valence-corrected chi connectivity index (χ4v) is 8.59. The van der Waals surface area contributed by atoms with Crippen molar-refractivity contribution < 1.29 is 86.0 Å². The second-order valence-electron chi connectivity index (χ2n) is 17.8. The Balaban J connectivity index is 1.18. The summed E-state index contributed by atoms with van der Waals surface area (Å²) in [6, 6.07) is 54.1. The van der Waals surface area contributed by atoms with Gasteiger partial charge in [0.15, 0.2) is 43.1 Å². The zero-order valence-electron chi connectivity index (χ0n) is 41.8. The van der Waals surface area contributed by atoms with Crippen molar-refractivity contribution in [1.82, 2.24) is 0 Å². The van der Waals surface area contributed by atoms with E-state index in [4.69, 9.17) is 47.4 Å². The van der Waals surface area contributed by atoms with Crippen molar-refractivity contribution in [2.24, 2.45) is 0 Å². The number of carbonyl (C=O) groups excluding carboxylic acids is 7. The van der Waals surface area contributed by atoms with Crippen LogP contribution in [-0.2, 0) is 47.4 Å². The quantitative estimate of drug-likeness (QED) is 0.0642. The molecule has 1 N–H and O–H groups in total. The monoisotopic (exact) mass is 1070 g/mol. The third kappa shape index (κ3) is 13.8. The van der Waals surface area contributed by atoms with E-state index in [1.165, 1.54) is 84.9 Å². The highest BCUT2D eigenvalue weighted by Crippen LogP contribution is 2.37. The number of benzene rings is 7. The minimum atomic E-state index is -2.16. The van der Waals surface area contributed by atoms with E-state index in [-0.39, 0.29) is 38.9 Å². The summed E-state index contributed by atoms with van der Waals surface area (Å²) < 4.78 is 61.9. The molecule has 0 aromatic heterocycles. The van der Waals surface area contributed by atoms with E-state index in [0.29, 0.717) is 0 Å². The highest BCUT2D eigenvalue weighted by molar-refractivity contribution is 5.93. The van der Waals surface area contributed by atoms with Crippen LogP contribution in [0.2, 0.25) is 0 Å². The third-order valence-corrected chi connectivity index (χ3v) is 12.5. The van der Waals surface area contributed by atoms with Gasteiger partial charge in [-0.3, -0.25) is 0 Å². The third-order valence-electron chi connectivity index (χ3n) is 12.5. The average molecular weight is 1070 g/mol. The van der Waals surface area contributed by atoms with E-state index < -0.39 is 116 Å². The highest BCUT2D eigenvalue weighted by atomic mass is 16.8. The fourth-order valence-electron chi connectivity index (χ4n) is 8.59. The van der Waals surface area contributed by atoms with Crippen molar-refractivity contribution >= 4 is 41.8 Å². The highest BCUT2D eigenvalue weighted by Gasteiger charge is 2.58. The van der Waals surface area contributed by atoms with E-state index in [1.54, 1.807) is 127 Å². The summed E-state index contributed by atoms with van der Waals surface area (Å²) in [5.74, 6) is -6.72. The van der Waals surface area contributed by atoms with Gasteiger partial charge in [0.05, 0.1) is 38.9 Å². The Morgan fingerprint density at radius 3 is 0.886 bits per heavy atom. The van der Waals surface area contributed by atoms with Crippen LogP contribution < -0.4 is 0 Å². The van der Waals surface area contributed by atoms with Gasteiger partial charge in [-0.1, -0.05) is 127 Å². The first-order valence-electron chi connectivity index (χ1n) is 24.9. The Labute approximate surface area is 452 Å². The zero-order valence-corrected chi connectivity index (χ0v) is 41.8. The van der Waals surface area contributed by atoms with E-state index in [0.717, 1.165) is 0 Å². The molecule has 2 saturated heterocycles. The van der Waals surface area contributed by atoms with Gasteiger partial charge in [-0.05, 0) is 84.9 Å². The van der Waals surface area contributed by atoms with Gasteiger partial charge in [0.25, 0.3) is 0 Å². The molecular formula is C61H50O18. The van der Waals surface area contributed by atoms with Gasteiger partial charge in [-0.25, -0.2) is 33.6 Å². The zero-order chi connectivity index (χ0) is 55.1. The number of rotatable bonds is 18. The maximum Gasteiger partial charge on any atom is 0.338 e. The van der Waals surface area contributed by atoms with Crippen molar-refractivity contribution in [2.75, 3.05) is 13.2 Å². The van der Waals surface area contributed by atoms with E-state index in [9.17, 15) is 38.7 Å². The van der Waals surface area contributed by atoms with Crippen LogP contribution in [0.25, 0.3) is 0 Å². The maximum atomic E-state index is 14.5. The lowest BCUT2D eigenvalue weighted by atomic mass is 9.95. The number of ether oxygens (including phenoxy) is 10. The largest absolute Gasteiger partial charge is 0.459 e. The molecule has 0 bridgehead atoms. The van der Waals surface area contributed by atoms with Gasteiger partial charge in [0.1, 0.15) is 31.5 Å². The Morgan fingerprint density at radius 2 is 0.557 bits per heavy atom. The van der Waals surface area contributed by atoms with Crippen LogP contribution in [0.1, 0.15) is 72.5 Å². The van der Waals surface area contributed by atoms with Gasteiger partial charge in [0.2, 0.25) is 0 Å². The molecule has 0 radical (unpaired) electrons. The molecule has 9 rings (SSSR count). The van der Waals surface area contributed by atoms with Crippen LogP contribution in [0.5, 0.6) is 0 Å². The van der Waals surface area contributed by atoms with Gasteiger partial charge < -0.3 is 52.5 Å². The summed E-state index contributed by atoms with van der Waals surface area (Å²) in [4.78, 5) is 98.6. The predicted octanol–water partition coefficient (Wildman–Crippen LogP) is 7.66. The average Bonchev–Trinajstić information content (AvgIpc) is 3.50. The van der Waals surface area contributed by atoms with Crippen LogP contribution in [0.15, 0.2) is 212 Å². The molecule has 2 aliphatic heterocycles. The first kappa shape index (κ1) is 54.5. The molecule has 2 heterocycles. The number of carbonyl (C=O) groups is 7. The molecule has 0 spiro atoms. The van der Waals surface area contributed by atoms with Crippen LogP contribution in [0.4, 0.5) is 0 Å².